The van der Waals surface area contributed by atoms with Crippen molar-refractivity contribution in [3.63, 3.8) is 0 Å². The molecular weight excluding hydrogens is 222 g/mol. The van der Waals surface area contributed by atoms with E-state index >= 15 is 0 Å². The Morgan fingerprint density at radius 1 is 1.22 bits per heavy atom. The minimum absolute atomic E-state index is 0.483. The number of aryl methyl sites for hydroxylation is 1. The van der Waals surface area contributed by atoms with E-state index in [2.05, 4.69) is 45.6 Å². The molecule has 0 aliphatic carbocycles. The molecule has 3 heterocycles. The molecule has 2 aliphatic rings. The molecule has 1 aromatic heterocycles. The maximum atomic E-state index is 4.53. The van der Waals surface area contributed by atoms with Crippen molar-refractivity contribution in [1.82, 2.24) is 15.1 Å². The van der Waals surface area contributed by atoms with E-state index in [0.29, 0.717) is 5.92 Å². The third-order valence-corrected chi connectivity index (χ3v) is 4.23. The summed E-state index contributed by atoms with van der Waals surface area (Å²) in [6, 6.07) is 8.80. The van der Waals surface area contributed by atoms with E-state index in [9.17, 15) is 0 Å². The van der Waals surface area contributed by atoms with Crippen molar-refractivity contribution in [3.05, 3.63) is 52.8 Å². The SMILES string of the molecule is c1ccc2c(c1)CNCC2c1cnn2c1CCC2. The van der Waals surface area contributed by atoms with E-state index < -0.39 is 0 Å². The molecule has 3 nitrogen and oxygen atoms in total. The highest BCUT2D eigenvalue weighted by Crippen LogP contribution is 2.33. The van der Waals surface area contributed by atoms with Crippen LogP contribution in [-0.4, -0.2) is 16.3 Å². The van der Waals surface area contributed by atoms with Gasteiger partial charge in [0, 0.05) is 36.8 Å². The Bertz CT molecular complexity index is 585. The Morgan fingerprint density at radius 2 is 2.17 bits per heavy atom. The van der Waals surface area contributed by atoms with E-state index in [1.807, 2.05) is 0 Å². The van der Waals surface area contributed by atoms with Crippen LogP contribution in [0.25, 0.3) is 0 Å². The van der Waals surface area contributed by atoms with Crippen LogP contribution < -0.4 is 5.32 Å². The summed E-state index contributed by atoms with van der Waals surface area (Å²) in [4.78, 5) is 0. The quantitative estimate of drug-likeness (QED) is 0.825. The Kier molecular flexibility index (Phi) is 2.27. The highest BCUT2D eigenvalue weighted by Gasteiger charge is 2.27. The Labute approximate surface area is 107 Å². The fourth-order valence-corrected chi connectivity index (χ4v) is 3.35. The minimum Gasteiger partial charge on any atom is -0.312 e. The van der Waals surface area contributed by atoms with Crippen molar-refractivity contribution in [2.45, 2.75) is 31.8 Å². The van der Waals surface area contributed by atoms with Gasteiger partial charge in [0.05, 0.1) is 6.20 Å². The zero-order valence-electron chi connectivity index (χ0n) is 10.4. The van der Waals surface area contributed by atoms with Gasteiger partial charge in [-0.05, 0) is 24.0 Å². The first-order valence-electron chi connectivity index (χ1n) is 6.76. The Balaban J connectivity index is 1.82. The highest BCUT2D eigenvalue weighted by molar-refractivity contribution is 5.41. The number of nitrogens with zero attached hydrogens (tertiary/aromatic N) is 2. The lowest BCUT2D eigenvalue weighted by molar-refractivity contribution is 0.588. The van der Waals surface area contributed by atoms with Gasteiger partial charge in [-0.25, -0.2) is 0 Å². The second-order valence-electron chi connectivity index (χ2n) is 5.26. The molecule has 0 spiro atoms. The maximum absolute atomic E-state index is 4.53. The number of nitrogens with one attached hydrogen (secondary N) is 1. The van der Waals surface area contributed by atoms with Gasteiger partial charge in [0.25, 0.3) is 0 Å². The predicted octanol–water partition coefficient (Wildman–Crippen LogP) is 2.06. The third-order valence-electron chi connectivity index (χ3n) is 4.23. The third kappa shape index (κ3) is 1.44. The van der Waals surface area contributed by atoms with Gasteiger partial charge in [-0.3, -0.25) is 4.68 Å². The van der Waals surface area contributed by atoms with Gasteiger partial charge in [-0.2, -0.15) is 5.10 Å². The van der Waals surface area contributed by atoms with E-state index in [1.165, 1.54) is 35.2 Å². The lowest BCUT2D eigenvalue weighted by Crippen LogP contribution is -2.29. The molecule has 0 radical (unpaired) electrons. The van der Waals surface area contributed by atoms with Crippen molar-refractivity contribution in [2.75, 3.05) is 6.54 Å². The van der Waals surface area contributed by atoms with Crippen molar-refractivity contribution in [2.24, 2.45) is 0 Å². The molecule has 1 atom stereocenters. The number of benzene rings is 1. The van der Waals surface area contributed by atoms with Gasteiger partial charge in [0.15, 0.2) is 0 Å². The van der Waals surface area contributed by atoms with E-state index in [1.54, 1.807) is 0 Å². The minimum atomic E-state index is 0.483. The van der Waals surface area contributed by atoms with Crippen LogP contribution in [0.4, 0.5) is 0 Å². The van der Waals surface area contributed by atoms with Crippen LogP contribution >= 0.6 is 0 Å². The van der Waals surface area contributed by atoms with Crippen LogP contribution in [-0.2, 0) is 19.5 Å². The molecule has 2 aromatic rings. The van der Waals surface area contributed by atoms with Crippen molar-refractivity contribution in [3.8, 4) is 0 Å². The largest absolute Gasteiger partial charge is 0.312 e. The average Bonchev–Trinajstić information content (AvgIpc) is 3.01. The topological polar surface area (TPSA) is 29.9 Å². The van der Waals surface area contributed by atoms with Gasteiger partial charge >= 0.3 is 0 Å². The fraction of sp³-hybridized carbons (Fsp3) is 0.400. The molecule has 2 aliphatic heterocycles. The second-order valence-corrected chi connectivity index (χ2v) is 5.26. The van der Waals surface area contributed by atoms with Crippen LogP contribution in [0, 0.1) is 0 Å². The smallest absolute Gasteiger partial charge is 0.0531 e. The van der Waals surface area contributed by atoms with Crippen LogP contribution in [0.1, 0.15) is 34.7 Å². The predicted molar refractivity (Wildman–Crippen MR) is 70.5 cm³/mol. The molecule has 3 heteroatoms. The fourth-order valence-electron chi connectivity index (χ4n) is 3.35. The molecule has 1 N–H and O–H groups in total. The van der Waals surface area contributed by atoms with Gasteiger partial charge < -0.3 is 5.32 Å². The lowest BCUT2D eigenvalue weighted by Gasteiger charge is -2.26. The highest BCUT2D eigenvalue weighted by atomic mass is 15.3. The molecule has 92 valence electrons. The van der Waals surface area contributed by atoms with Crippen LogP contribution in [0.15, 0.2) is 30.5 Å². The molecular formula is C15H17N3. The Morgan fingerprint density at radius 3 is 3.17 bits per heavy atom. The van der Waals surface area contributed by atoms with Crippen molar-refractivity contribution >= 4 is 0 Å². The van der Waals surface area contributed by atoms with Gasteiger partial charge in [0.2, 0.25) is 0 Å². The summed E-state index contributed by atoms with van der Waals surface area (Å²) >= 11 is 0. The summed E-state index contributed by atoms with van der Waals surface area (Å²) in [7, 11) is 0. The number of hydrogen-bond acceptors (Lipinski definition) is 2. The number of aromatic nitrogens is 2. The molecule has 4 rings (SSSR count). The molecule has 0 fully saturated rings. The van der Waals surface area contributed by atoms with Gasteiger partial charge in [-0.15, -0.1) is 0 Å². The van der Waals surface area contributed by atoms with Crippen LogP contribution in [0.5, 0.6) is 0 Å². The maximum Gasteiger partial charge on any atom is 0.0531 e. The first-order chi connectivity index (χ1) is 8.93. The Hall–Kier alpha value is -1.61. The normalized spacial score (nSPS) is 21.7. The summed E-state index contributed by atoms with van der Waals surface area (Å²) in [6.07, 6.45) is 4.52. The summed E-state index contributed by atoms with van der Waals surface area (Å²) < 4.78 is 2.19. The zero-order valence-corrected chi connectivity index (χ0v) is 10.4. The molecule has 0 bridgehead atoms. The zero-order chi connectivity index (χ0) is 11.9. The average molecular weight is 239 g/mol. The molecule has 0 saturated heterocycles. The van der Waals surface area contributed by atoms with E-state index in [-0.39, 0.29) is 0 Å². The van der Waals surface area contributed by atoms with E-state index in [0.717, 1.165) is 19.6 Å². The summed E-state index contributed by atoms with van der Waals surface area (Å²) in [6.45, 7) is 3.13. The number of hydrogen-bond donors (Lipinski definition) is 1. The van der Waals surface area contributed by atoms with Crippen molar-refractivity contribution < 1.29 is 0 Å². The van der Waals surface area contributed by atoms with Gasteiger partial charge in [-0.1, -0.05) is 24.3 Å². The summed E-state index contributed by atoms with van der Waals surface area (Å²) in [5, 5.41) is 8.07. The first-order valence-corrected chi connectivity index (χ1v) is 6.76. The standard InChI is InChI=1S/C15H17N3/c1-2-5-12-11(4-1)8-16-9-13(12)14-10-17-18-7-3-6-15(14)18/h1-2,4-5,10,13,16H,3,6-9H2. The van der Waals surface area contributed by atoms with Crippen LogP contribution in [0.3, 0.4) is 0 Å². The van der Waals surface area contributed by atoms with Gasteiger partial charge in [0.1, 0.15) is 0 Å². The van der Waals surface area contributed by atoms with Crippen LogP contribution in [0.2, 0.25) is 0 Å². The number of rotatable bonds is 1. The molecule has 0 saturated carbocycles. The molecule has 1 aromatic carbocycles. The first kappa shape index (κ1) is 10.3. The van der Waals surface area contributed by atoms with Crippen molar-refractivity contribution in [1.29, 1.82) is 0 Å². The van der Waals surface area contributed by atoms with E-state index in [4.69, 9.17) is 0 Å². The summed E-state index contributed by atoms with van der Waals surface area (Å²) in [5.41, 5.74) is 5.82. The molecule has 1 unspecified atom stereocenters. The lowest BCUT2D eigenvalue weighted by atomic mass is 9.85. The summed E-state index contributed by atoms with van der Waals surface area (Å²) in [5.74, 6) is 0.483. The number of fused-ring (bicyclic) bond motifs is 2. The molecule has 0 amide bonds. The molecule has 18 heavy (non-hydrogen) atoms. The monoisotopic (exact) mass is 239 g/mol. The second kappa shape index (κ2) is 3.95.